The quantitative estimate of drug-likeness (QED) is 0.196. The number of para-hydroxylation sites is 1. The number of nitrogens with zero attached hydrogens (tertiary/aromatic N) is 3. The summed E-state index contributed by atoms with van der Waals surface area (Å²) in [6, 6.07) is 52.2. The van der Waals surface area contributed by atoms with Gasteiger partial charge in [0.1, 0.15) is 11.2 Å². The number of hydrogen-bond donors (Lipinski definition) is 0. The van der Waals surface area contributed by atoms with Crippen LogP contribution in [0.25, 0.3) is 88.8 Å². The Bertz CT molecular complexity index is 2480. The van der Waals surface area contributed by atoms with Crippen molar-refractivity contribution in [2.75, 3.05) is 0 Å². The van der Waals surface area contributed by atoms with Crippen LogP contribution in [0.3, 0.4) is 0 Å². The monoisotopic (exact) mass is 575 g/mol. The van der Waals surface area contributed by atoms with E-state index in [9.17, 15) is 0 Å². The SMILES string of the molecule is c1ccc(-c2nc(-c3ccccc3)nc(-c3cc(-c4ccc5c(ccc6ccccc65)c4)cc4oc5ccccc5c34)n2)cc1. The average Bonchev–Trinajstić information content (AvgIpc) is 3.50. The molecule has 2 aromatic heterocycles. The van der Waals surface area contributed by atoms with Crippen LogP contribution in [-0.4, -0.2) is 15.0 Å². The molecule has 0 spiro atoms. The number of hydrogen-bond acceptors (Lipinski definition) is 4. The van der Waals surface area contributed by atoms with Gasteiger partial charge in [-0.1, -0.05) is 127 Å². The van der Waals surface area contributed by atoms with Gasteiger partial charge in [-0.15, -0.1) is 0 Å². The highest BCUT2D eigenvalue weighted by molar-refractivity contribution is 6.14. The maximum absolute atomic E-state index is 6.48. The zero-order chi connectivity index (χ0) is 29.7. The van der Waals surface area contributed by atoms with Crippen LogP contribution in [-0.2, 0) is 0 Å². The highest BCUT2D eigenvalue weighted by Gasteiger charge is 2.19. The fourth-order valence-electron chi connectivity index (χ4n) is 6.32. The van der Waals surface area contributed by atoms with Gasteiger partial charge in [0, 0.05) is 27.5 Å². The van der Waals surface area contributed by atoms with Crippen molar-refractivity contribution in [3.05, 3.63) is 152 Å². The molecule has 0 fully saturated rings. The largest absolute Gasteiger partial charge is 0.456 e. The molecule has 7 aromatic carbocycles. The molecular formula is C41H25N3O. The fraction of sp³-hybridized carbons (Fsp3) is 0. The van der Waals surface area contributed by atoms with E-state index in [1.807, 2.05) is 78.9 Å². The summed E-state index contributed by atoms with van der Waals surface area (Å²) >= 11 is 0. The number of furan rings is 1. The lowest BCUT2D eigenvalue weighted by molar-refractivity contribution is 0.669. The molecule has 0 unspecified atom stereocenters. The third-order valence-corrected chi connectivity index (χ3v) is 8.50. The standard InChI is InChI=1S/C41H25N3O/c1-3-12-27(13-4-1)39-42-40(28-14-5-2-6-15-28)44-41(43-39)35-24-31(25-37-38(35)34-17-9-10-18-36(34)45-37)29-21-22-33-30(23-29)20-19-26-11-7-8-16-32(26)33/h1-25H. The molecule has 4 heteroatoms. The molecule has 0 atom stereocenters. The third kappa shape index (κ3) is 4.35. The van der Waals surface area contributed by atoms with Gasteiger partial charge in [-0.2, -0.15) is 0 Å². The first-order valence-electron chi connectivity index (χ1n) is 15.0. The average molecular weight is 576 g/mol. The zero-order valence-electron chi connectivity index (χ0n) is 24.2. The molecular weight excluding hydrogens is 550 g/mol. The van der Waals surface area contributed by atoms with Crippen molar-refractivity contribution in [2.45, 2.75) is 0 Å². The minimum Gasteiger partial charge on any atom is -0.456 e. The van der Waals surface area contributed by atoms with E-state index in [1.165, 1.54) is 21.5 Å². The Hall–Kier alpha value is -6.13. The first-order chi connectivity index (χ1) is 22.3. The minimum atomic E-state index is 0.605. The molecule has 0 bridgehead atoms. The van der Waals surface area contributed by atoms with Crippen LogP contribution in [0.4, 0.5) is 0 Å². The van der Waals surface area contributed by atoms with Gasteiger partial charge in [0.05, 0.1) is 0 Å². The predicted octanol–water partition coefficient (Wildman–Crippen LogP) is 10.7. The molecule has 0 radical (unpaired) electrons. The maximum Gasteiger partial charge on any atom is 0.164 e. The smallest absolute Gasteiger partial charge is 0.164 e. The molecule has 9 rings (SSSR count). The van der Waals surface area contributed by atoms with Crippen molar-refractivity contribution in [1.82, 2.24) is 15.0 Å². The Kier molecular flexibility index (Phi) is 5.78. The van der Waals surface area contributed by atoms with Gasteiger partial charge in [-0.3, -0.25) is 0 Å². The zero-order valence-corrected chi connectivity index (χ0v) is 24.2. The highest BCUT2D eigenvalue weighted by atomic mass is 16.3. The van der Waals surface area contributed by atoms with E-state index in [-0.39, 0.29) is 0 Å². The molecule has 0 aliphatic heterocycles. The van der Waals surface area contributed by atoms with Gasteiger partial charge in [0.2, 0.25) is 0 Å². The van der Waals surface area contributed by atoms with Gasteiger partial charge in [0.25, 0.3) is 0 Å². The van der Waals surface area contributed by atoms with E-state index in [2.05, 4.69) is 72.8 Å². The van der Waals surface area contributed by atoms with E-state index >= 15 is 0 Å². The topological polar surface area (TPSA) is 51.8 Å². The van der Waals surface area contributed by atoms with Crippen molar-refractivity contribution < 1.29 is 4.42 Å². The van der Waals surface area contributed by atoms with Gasteiger partial charge < -0.3 is 4.42 Å². The lowest BCUT2D eigenvalue weighted by Gasteiger charge is -2.12. The molecule has 45 heavy (non-hydrogen) atoms. The van der Waals surface area contributed by atoms with Crippen molar-refractivity contribution in [2.24, 2.45) is 0 Å². The molecule has 4 nitrogen and oxygen atoms in total. The minimum absolute atomic E-state index is 0.605. The van der Waals surface area contributed by atoms with E-state index in [4.69, 9.17) is 19.4 Å². The fourth-order valence-corrected chi connectivity index (χ4v) is 6.32. The van der Waals surface area contributed by atoms with Crippen molar-refractivity contribution in [3.63, 3.8) is 0 Å². The van der Waals surface area contributed by atoms with Crippen molar-refractivity contribution >= 4 is 43.5 Å². The van der Waals surface area contributed by atoms with Crippen LogP contribution in [0, 0.1) is 0 Å². The first-order valence-corrected chi connectivity index (χ1v) is 15.0. The van der Waals surface area contributed by atoms with Gasteiger partial charge in [0.15, 0.2) is 17.5 Å². The van der Waals surface area contributed by atoms with E-state index in [1.54, 1.807) is 0 Å². The van der Waals surface area contributed by atoms with Crippen molar-refractivity contribution in [1.29, 1.82) is 0 Å². The molecule has 9 aromatic rings. The Labute approximate surface area is 259 Å². The second-order valence-electron chi connectivity index (χ2n) is 11.3. The number of benzene rings is 7. The second kappa shape index (κ2) is 10.2. The summed E-state index contributed by atoms with van der Waals surface area (Å²) in [6.07, 6.45) is 0. The summed E-state index contributed by atoms with van der Waals surface area (Å²) < 4.78 is 6.48. The molecule has 0 aliphatic rings. The summed E-state index contributed by atoms with van der Waals surface area (Å²) in [5, 5.41) is 6.94. The van der Waals surface area contributed by atoms with E-state index in [0.717, 1.165) is 49.8 Å². The van der Waals surface area contributed by atoms with Gasteiger partial charge in [-0.25, -0.2) is 15.0 Å². The summed E-state index contributed by atoms with van der Waals surface area (Å²) in [7, 11) is 0. The number of aromatic nitrogens is 3. The molecule has 2 heterocycles. The van der Waals surface area contributed by atoms with Crippen LogP contribution in [0.1, 0.15) is 0 Å². The highest BCUT2D eigenvalue weighted by Crippen LogP contribution is 2.40. The molecule has 0 amide bonds. The Morgan fingerprint density at radius 1 is 0.356 bits per heavy atom. The second-order valence-corrected chi connectivity index (χ2v) is 11.3. The number of fused-ring (bicyclic) bond motifs is 6. The van der Waals surface area contributed by atoms with Crippen LogP contribution in [0.15, 0.2) is 156 Å². The Morgan fingerprint density at radius 3 is 1.71 bits per heavy atom. The Balaban J connectivity index is 1.32. The van der Waals surface area contributed by atoms with E-state index in [0.29, 0.717) is 17.5 Å². The van der Waals surface area contributed by atoms with Crippen LogP contribution >= 0.6 is 0 Å². The van der Waals surface area contributed by atoms with Gasteiger partial charge >= 0.3 is 0 Å². The summed E-state index contributed by atoms with van der Waals surface area (Å²) in [5.41, 5.74) is 6.54. The summed E-state index contributed by atoms with van der Waals surface area (Å²) in [4.78, 5) is 15.1. The lowest BCUT2D eigenvalue weighted by Crippen LogP contribution is -2.00. The molecule has 0 aliphatic carbocycles. The third-order valence-electron chi connectivity index (χ3n) is 8.50. The number of rotatable bonds is 4. The van der Waals surface area contributed by atoms with Crippen molar-refractivity contribution in [3.8, 4) is 45.3 Å². The molecule has 210 valence electrons. The Morgan fingerprint density at radius 2 is 0.956 bits per heavy atom. The molecule has 0 saturated carbocycles. The van der Waals surface area contributed by atoms with Gasteiger partial charge in [-0.05, 0) is 56.9 Å². The summed E-state index contributed by atoms with van der Waals surface area (Å²) in [5.74, 6) is 1.86. The maximum atomic E-state index is 6.48. The van der Waals surface area contributed by atoms with Crippen LogP contribution in [0.2, 0.25) is 0 Å². The lowest BCUT2D eigenvalue weighted by atomic mass is 9.95. The summed E-state index contributed by atoms with van der Waals surface area (Å²) in [6.45, 7) is 0. The predicted molar refractivity (Wildman–Crippen MR) is 184 cm³/mol. The van der Waals surface area contributed by atoms with E-state index < -0.39 is 0 Å². The molecule has 0 saturated heterocycles. The normalized spacial score (nSPS) is 11.6. The molecule has 0 N–H and O–H groups in total. The van der Waals surface area contributed by atoms with Crippen LogP contribution in [0.5, 0.6) is 0 Å². The first kappa shape index (κ1) is 25.4. The van der Waals surface area contributed by atoms with Crippen LogP contribution < -0.4 is 0 Å².